The van der Waals surface area contributed by atoms with Crippen LogP contribution in [0.3, 0.4) is 0 Å². The third kappa shape index (κ3) is 62.1. The molecule has 56 nitrogen and oxygen atoms in total. The van der Waals surface area contributed by atoms with Gasteiger partial charge < -0.3 is 160 Å². The fraction of sp³-hybridized carbons (Fsp3) is 0.753. The number of nitrogens with zero attached hydrogens (tertiary/aromatic N) is 20. The van der Waals surface area contributed by atoms with Crippen molar-refractivity contribution in [1.82, 2.24) is 119 Å². The zero-order valence-corrected chi connectivity index (χ0v) is 88.6. The molecule has 141 heavy (non-hydrogen) atoms. The first-order valence-corrected chi connectivity index (χ1v) is 44.6. The van der Waals surface area contributed by atoms with Gasteiger partial charge in [-0.2, -0.15) is 0 Å². The summed E-state index contributed by atoms with van der Waals surface area (Å²) in [5.74, 6) is -24.5. The summed E-state index contributed by atoms with van der Waals surface area (Å²) in [7, 11) is 4.91. The molecule has 0 bridgehead atoms. The van der Waals surface area contributed by atoms with E-state index in [-0.39, 0.29) is 369 Å². The van der Waals surface area contributed by atoms with Crippen LogP contribution >= 0.6 is 0 Å². The molecule has 4 fully saturated rings. The fourth-order valence-corrected chi connectivity index (χ4v) is 15.2. The second-order valence-corrected chi connectivity index (χ2v) is 34.5. The molecule has 4 saturated heterocycles. The molecule has 0 aromatic rings. The van der Waals surface area contributed by atoms with E-state index in [0.717, 1.165) is 19.6 Å². The zero-order chi connectivity index (χ0) is 102. The molecule has 0 atom stereocenters. The van der Waals surface area contributed by atoms with Crippen LogP contribution in [0.25, 0.3) is 0 Å². The minimum absolute atomic E-state index is 0. The fourth-order valence-electron chi connectivity index (χ4n) is 15.2. The van der Waals surface area contributed by atoms with Crippen LogP contribution in [0.2, 0.25) is 0 Å². The maximum atomic E-state index is 14.6. The van der Waals surface area contributed by atoms with Crippen molar-refractivity contribution in [3.8, 4) is 0 Å². The largest absolute Gasteiger partial charge is 3.00 e. The van der Waals surface area contributed by atoms with Crippen LogP contribution in [0.5, 0.6) is 0 Å². The topological polar surface area (TPSA) is 731 Å². The summed E-state index contributed by atoms with van der Waals surface area (Å²) < 4.78 is 0. The number of likely N-dealkylation sites (N-methyl/N-ethyl adjacent to an activating group) is 4. The SMILES string of the molecule is CN(CC(=O)NCC(CNC(=O)CN(C)C(=O)CN1CCN(CC(=O)[O-])CCN(CC(=O)[O-])CCN(CC(=O)[O-])CC1)(CNC(=O)CN(C)C(=O)CN1CCN(CC(=O)[O-])CCN(CC(=O)[O-])CCN(CC(=O)[O-])CC1)CNC(=O)CN(C)C(=O)CN1CCN(CC(=O)[O-])CCN(CC(=O)[O-])CCN(CC(=O)[O-])CC1)C(=O)CN1CCN(CC(=O)[O-])CCN(CC(=O)[O-])CCN(CC(=O)[O-])CC1.[Gd+3].[Gd+3].[Gd+3].[Gd+3]. The Morgan fingerprint density at radius 2 is 0.262 bits per heavy atom. The van der Waals surface area contributed by atoms with E-state index in [9.17, 15) is 157 Å². The summed E-state index contributed by atoms with van der Waals surface area (Å²) in [6, 6.07) is 0. The van der Waals surface area contributed by atoms with E-state index in [1.54, 1.807) is 19.6 Å². The number of hydrogen-bond donors (Lipinski definition) is 4. The summed E-state index contributed by atoms with van der Waals surface area (Å²) in [5, 5.41) is 153. The van der Waals surface area contributed by atoms with Crippen LogP contribution in [0.15, 0.2) is 0 Å². The first-order valence-electron chi connectivity index (χ1n) is 44.6. The molecule has 0 aliphatic carbocycles. The molecule has 4 radical (unpaired) electrons. The Hall–Kier alpha value is -5.94. The van der Waals surface area contributed by atoms with E-state index in [2.05, 4.69) is 21.3 Å². The summed E-state index contributed by atoms with van der Waals surface area (Å²) in [6.45, 7) is -16.6. The van der Waals surface area contributed by atoms with Crippen molar-refractivity contribution < 1.29 is 317 Å². The van der Waals surface area contributed by atoms with E-state index in [0.29, 0.717) is 0 Å². The summed E-state index contributed by atoms with van der Waals surface area (Å²) in [6.07, 6.45) is 0. The van der Waals surface area contributed by atoms with Gasteiger partial charge in [0, 0.05) is 348 Å². The first kappa shape index (κ1) is 135. The minimum Gasteiger partial charge on any atom is -0.549 e. The molecule has 0 spiro atoms. The molecule has 4 N–H and O–H groups in total. The molecule has 60 heteroatoms. The van der Waals surface area contributed by atoms with E-state index in [1.165, 1.54) is 87.0 Å². The van der Waals surface area contributed by atoms with E-state index < -0.39 is 281 Å². The van der Waals surface area contributed by atoms with Gasteiger partial charge in [-0.25, -0.2) is 0 Å². The Bertz CT molecular complexity index is 3420. The normalized spacial score (nSPS) is 17.8. The molecule has 0 aromatic heterocycles. The van der Waals surface area contributed by atoms with Gasteiger partial charge in [-0.05, 0) is 0 Å². The average molecular weight is 2580 g/mol. The number of nitrogens with one attached hydrogen (secondary N) is 4. The van der Waals surface area contributed by atoms with Gasteiger partial charge in [0.2, 0.25) is 47.3 Å². The molecule has 0 aromatic carbocycles. The molecule has 796 valence electrons. The quantitative estimate of drug-likeness (QED) is 0.0439. The van der Waals surface area contributed by atoms with Crippen LogP contribution in [-0.4, -0.2) is 612 Å². The summed E-state index contributed by atoms with van der Waals surface area (Å²) in [5.41, 5.74) is -1.91. The first-order chi connectivity index (χ1) is 64.6. The molecule has 0 unspecified atom stereocenters. The van der Waals surface area contributed by atoms with Gasteiger partial charge in [0.05, 0.1) is 124 Å². The molecular weight excluding hydrogens is 2450 g/mol. The van der Waals surface area contributed by atoms with Gasteiger partial charge in [0.1, 0.15) is 0 Å². The van der Waals surface area contributed by atoms with Gasteiger partial charge >= 0.3 is 160 Å². The number of carbonyl (C=O) groups is 20. The third-order valence-corrected chi connectivity index (χ3v) is 23.3. The smallest absolute Gasteiger partial charge is 0.549 e. The van der Waals surface area contributed by atoms with E-state index >= 15 is 0 Å². The zero-order valence-electron chi connectivity index (χ0n) is 79.5. The van der Waals surface area contributed by atoms with Gasteiger partial charge in [0.15, 0.2) is 0 Å². The van der Waals surface area contributed by atoms with Crippen LogP contribution in [0.4, 0.5) is 0 Å². The number of carbonyl (C=O) groups excluding carboxylic acids is 20. The second kappa shape index (κ2) is 73.2. The Labute approximate surface area is 945 Å². The minimum atomic E-state index is -1.91. The monoisotopic (exact) mass is 2580 g/mol. The van der Waals surface area contributed by atoms with Crippen molar-refractivity contribution in [3.63, 3.8) is 0 Å². The number of carboxylic acids is 12. The third-order valence-electron chi connectivity index (χ3n) is 23.3. The van der Waals surface area contributed by atoms with Crippen molar-refractivity contribution in [3.05, 3.63) is 0 Å². The van der Waals surface area contributed by atoms with Crippen molar-refractivity contribution in [2.24, 2.45) is 5.41 Å². The Kier molecular flexibility index (Phi) is 70.1. The van der Waals surface area contributed by atoms with Crippen molar-refractivity contribution in [2.45, 2.75) is 0 Å². The van der Waals surface area contributed by atoms with Gasteiger partial charge in [-0.3, -0.25) is 117 Å². The van der Waals surface area contributed by atoms with Crippen LogP contribution in [0.1, 0.15) is 0 Å². The Morgan fingerprint density at radius 1 is 0.177 bits per heavy atom. The molecule has 0 saturated carbocycles. The van der Waals surface area contributed by atoms with Crippen LogP contribution in [-0.2, 0) is 95.9 Å². The van der Waals surface area contributed by atoms with Crippen LogP contribution < -0.4 is 82.5 Å². The van der Waals surface area contributed by atoms with Gasteiger partial charge in [-0.15, -0.1) is 0 Å². The maximum Gasteiger partial charge on any atom is 3.00 e. The predicted molar refractivity (Wildman–Crippen MR) is 448 cm³/mol. The summed E-state index contributed by atoms with van der Waals surface area (Å²) >= 11 is 0. The number of amides is 8. The Morgan fingerprint density at radius 3 is 0.348 bits per heavy atom. The molecule has 8 amide bonds. The standard InChI is InChI=1S/C81H140N24O32.4Gd/c1-86(65(110)41-90-5-13-94(45-69(114)115)21-29-102(53-77(130)131)30-22-95(14-6-90)46-70(116)117)37-61(106)82-57-81(58-83-62(107)38-87(2)66(111)42-91-7-15-96(47-71(118)119)23-31-103(54-78(132)133)32-24-97(16-8-91)48-72(120)121,59-84-63(108)39-88(3)67(112)43-92-9-17-98(49-73(122)123)25-33-104(55-79(134)135)34-26-99(18-10-92)50-74(124)125)60-85-64(109)40-89(4)68(113)44-93-11-19-100(51-75(126)127)27-35-105(56-80(136)137)36-28-101(20-12-93)52-76(128)129;;;;/h5-60H2,1-4H3,(H,82,106)(H,83,107)(H,84,108)(H,85,109)(H,114,115)(H,116,117)(H,118,119)(H,120,121)(H,122,123)(H,124,125)(H,126,127)(H,128,129)(H,130,131)(H,132,133)(H,134,135)(H,136,137);;;;/q;4*+3/p-12. The Balaban J connectivity index is 0.0000490. The number of hydrogen-bond acceptors (Lipinski definition) is 48. The van der Waals surface area contributed by atoms with Crippen molar-refractivity contribution in [2.75, 3.05) is 395 Å². The van der Waals surface area contributed by atoms with E-state index in [4.69, 9.17) is 0 Å². The number of aliphatic carboxylic acids is 12. The van der Waals surface area contributed by atoms with Crippen molar-refractivity contribution >= 4 is 119 Å². The van der Waals surface area contributed by atoms with Crippen LogP contribution in [0, 0.1) is 165 Å². The van der Waals surface area contributed by atoms with Gasteiger partial charge in [-0.1, -0.05) is 0 Å². The predicted octanol–water partition coefficient (Wildman–Crippen LogP) is -29.8. The average Bonchev–Trinajstić information content (AvgIpc) is 0.842. The second-order valence-electron chi connectivity index (χ2n) is 34.5. The molecule has 4 heterocycles. The molecular formula is C81H128Gd4N24O32. The number of rotatable bonds is 48. The van der Waals surface area contributed by atoms with Crippen molar-refractivity contribution in [1.29, 1.82) is 0 Å². The van der Waals surface area contributed by atoms with E-state index in [1.807, 2.05) is 0 Å². The van der Waals surface area contributed by atoms with Gasteiger partial charge in [0.25, 0.3) is 0 Å². The molecule has 4 aliphatic rings. The maximum absolute atomic E-state index is 14.6. The number of carboxylic acid groups (broad SMARTS) is 12. The molecule has 4 rings (SSSR count). The molecule has 4 aliphatic heterocycles. The summed E-state index contributed by atoms with van der Waals surface area (Å²) in [4.78, 5) is 286.